The number of nitrogens with two attached hydrogens (primary N) is 1. The van der Waals surface area contributed by atoms with Crippen molar-refractivity contribution in [1.29, 1.82) is 0 Å². The first-order valence-electron chi connectivity index (χ1n) is 14.1. The normalized spacial score (nSPS) is 19.0. The maximum Gasteiger partial charge on any atom is 0.258 e. The molecule has 2 amide bonds. The zero-order valence-electron chi connectivity index (χ0n) is 23.0. The Morgan fingerprint density at radius 1 is 0.952 bits per heavy atom. The average Bonchev–Trinajstić information content (AvgIpc) is 3.69. The van der Waals surface area contributed by atoms with Crippen LogP contribution in [0.5, 0.6) is 0 Å². The van der Waals surface area contributed by atoms with Gasteiger partial charge in [-0.05, 0) is 48.1 Å². The van der Waals surface area contributed by atoms with E-state index < -0.39 is 5.82 Å². The van der Waals surface area contributed by atoms with E-state index in [1.807, 2.05) is 60.7 Å². The monoisotopic (exact) mass is 586 g/mol. The molecule has 3 N–H and O–H groups in total. The molecule has 2 aliphatic heterocycles. The number of para-hydroxylation sites is 1. The van der Waals surface area contributed by atoms with Gasteiger partial charge in [-0.2, -0.15) is 5.10 Å². The van der Waals surface area contributed by atoms with Crippen LogP contribution < -0.4 is 11.1 Å². The van der Waals surface area contributed by atoms with Crippen molar-refractivity contribution in [2.24, 2.45) is 11.8 Å². The molecule has 42 heavy (non-hydrogen) atoms. The Hall–Kier alpha value is -4.21. The molecule has 8 nitrogen and oxygen atoms in total. The van der Waals surface area contributed by atoms with E-state index in [0.717, 1.165) is 30.9 Å². The summed E-state index contributed by atoms with van der Waals surface area (Å²) in [6.07, 6.45) is 2.21. The van der Waals surface area contributed by atoms with Crippen molar-refractivity contribution in [3.05, 3.63) is 113 Å². The summed E-state index contributed by atoms with van der Waals surface area (Å²) in [4.78, 5) is 30.5. The minimum Gasteiger partial charge on any atom is -0.383 e. The molecule has 0 aliphatic carbocycles. The van der Waals surface area contributed by atoms with Crippen LogP contribution in [0.4, 0.5) is 10.2 Å². The number of fused-ring (bicyclic) bond motifs is 1. The summed E-state index contributed by atoms with van der Waals surface area (Å²) in [6, 6.07) is 23.4. The van der Waals surface area contributed by atoms with Gasteiger partial charge >= 0.3 is 0 Å². The second-order valence-corrected chi connectivity index (χ2v) is 11.4. The molecule has 2 unspecified atom stereocenters. The van der Waals surface area contributed by atoms with Gasteiger partial charge in [-0.25, -0.2) is 9.07 Å². The number of amides is 2. The largest absolute Gasteiger partial charge is 0.383 e. The van der Waals surface area contributed by atoms with Crippen LogP contribution in [0.25, 0.3) is 5.69 Å². The predicted molar refractivity (Wildman–Crippen MR) is 160 cm³/mol. The van der Waals surface area contributed by atoms with Crippen molar-refractivity contribution in [1.82, 2.24) is 24.9 Å². The Labute approximate surface area is 248 Å². The van der Waals surface area contributed by atoms with Crippen molar-refractivity contribution in [3.8, 4) is 5.69 Å². The first kappa shape index (κ1) is 27.9. The number of nitrogen functional groups attached to an aromatic ring is 1. The van der Waals surface area contributed by atoms with Gasteiger partial charge in [0, 0.05) is 32.7 Å². The number of aromatic nitrogens is 2. The van der Waals surface area contributed by atoms with Gasteiger partial charge in [-0.3, -0.25) is 9.59 Å². The van der Waals surface area contributed by atoms with E-state index in [2.05, 4.69) is 15.3 Å². The van der Waals surface area contributed by atoms with Crippen molar-refractivity contribution >= 4 is 29.2 Å². The molecule has 3 heterocycles. The number of rotatable bonds is 8. The zero-order valence-corrected chi connectivity index (χ0v) is 23.8. The Kier molecular flexibility index (Phi) is 7.95. The van der Waals surface area contributed by atoms with Crippen molar-refractivity contribution in [2.75, 3.05) is 38.5 Å². The van der Waals surface area contributed by atoms with E-state index in [1.165, 1.54) is 18.3 Å². The highest BCUT2D eigenvalue weighted by Gasteiger charge is 2.42. The van der Waals surface area contributed by atoms with E-state index >= 15 is 0 Å². The number of halogens is 2. The number of hydrogen-bond donors (Lipinski definition) is 2. The Morgan fingerprint density at radius 3 is 2.29 bits per heavy atom. The molecule has 0 bridgehead atoms. The number of hydrogen-bond acceptors (Lipinski definition) is 5. The molecule has 2 aliphatic rings. The van der Waals surface area contributed by atoms with Crippen LogP contribution in [0.15, 0.2) is 85.1 Å². The second kappa shape index (κ2) is 12.0. The van der Waals surface area contributed by atoms with Gasteiger partial charge in [0.1, 0.15) is 17.2 Å². The smallest absolute Gasteiger partial charge is 0.258 e. The highest BCUT2D eigenvalue weighted by Crippen LogP contribution is 2.34. The van der Waals surface area contributed by atoms with Crippen LogP contribution >= 0.6 is 11.6 Å². The summed E-state index contributed by atoms with van der Waals surface area (Å²) in [5.41, 5.74) is 8.41. The fourth-order valence-corrected chi connectivity index (χ4v) is 6.41. The molecular weight excluding hydrogens is 555 g/mol. The summed E-state index contributed by atoms with van der Waals surface area (Å²) >= 11 is 6.14. The molecule has 0 spiro atoms. The Bertz CT molecular complexity index is 1550. The van der Waals surface area contributed by atoms with Crippen LogP contribution in [0, 0.1) is 17.7 Å². The third kappa shape index (κ3) is 5.62. The van der Waals surface area contributed by atoms with Gasteiger partial charge in [-0.15, -0.1) is 0 Å². The predicted octanol–water partition coefficient (Wildman–Crippen LogP) is 4.81. The lowest BCUT2D eigenvalue weighted by Gasteiger charge is -2.25. The van der Waals surface area contributed by atoms with Gasteiger partial charge in [0.2, 0.25) is 0 Å². The molecule has 2 fully saturated rings. The lowest BCUT2D eigenvalue weighted by Crippen LogP contribution is -2.35. The summed E-state index contributed by atoms with van der Waals surface area (Å²) < 4.78 is 15.9. The standard InChI is InChI=1S/C32H32ClFN6O2/c33-26-12-7-13-27(34)29(26)32(42)39-19-22-17-38(18-23(22)20-39)15-14-28(21-8-3-1-4-9-21)37-31(41)25-16-36-40(30(25)35)24-10-5-2-6-11-24/h1-13,16,22-23,28H,14-15,17-20,35H2,(H,37,41)/t22?,23?,28-/m0/s1. The summed E-state index contributed by atoms with van der Waals surface area (Å²) in [5.74, 6) is -0.299. The number of benzene rings is 3. The fraction of sp³-hybridized carbons (Fsp3) is 0.281. The van der Waals surface area contributed by atoms with Crippen LogP contribution in [0.3, 0.4) is 0 Å². The zero-order chi connectivity index (χ0) is 29.2. The van der Waals surface area contributed by atoms with Crippen LogP contribution in [-0.2, 0) is 0 Å². The molecule has 6 rings (SSSR count). The molecule has 1 aromatic heterocycles. The Balaban J connectivity index is 1.09. The van der Waals surface area contributed by atoms with Gasteiger partial charge < -0.3 is 20.9 Å². The molecule has 4 aromatic rings. The Morgan fingerprint density at radius 2 is 1.62 bits per heavy atom. The average molecular weight is 587 g/mol. The summed E-state index contributed by atoms with van der Waals surface area (Å²) in [5, 5.41) is 7.66. The number of anilines is 1. The van der Waals surface area contributed by atoms with Gasteiger partial charge in [0.05, 0.1) is 28.5 Å². The maximum atomic E-state index is 14.3. The maximum absolute atomic E-state index is 14.3. The highest BCUT2D eigenvalue weighted by molar-refractivity contribution is 6.33. The SMILES string of the molecule is Nc1c(C(=O)N[C@@H](CCN2CC3CN(C(=O)c4c(F)cccc4Cl)CC3C2)c2ccccc2)cnn1-c1ccccc1. The minimum atomic E-state index is -0.589. The lowest BCUT2D eigenvalue weighted by atomic mass is 10.0. The number of likely N-dealkylation sites (tertiary alicyclic amines) is 2. The molecule has 3 aromatic carbocycles. The topological polar surface area (TPSA) is 96.5 Å². The van der Waals surface area contributed by atoms with Gasteiger partial charge in [0.15, 0.2) is 0 Å². The van der Waals surface area contributed by atoms with Gasteiger partial charge in [0.25, 0.3) is 11.8 Å². The molecule has 216 valence electrons. The second-order valence-electron chi connectivity index (χ2n) is 11.0. The molecule has 0 saturated carbocycles. The van der Waals surface area contributed by atoms with Crippen LogP contribution in [0.1, 0.15) is 38.7 Å². The quantitative estimate of drug-likeness (QED) is 0.309. The number of nitrogens with one attached hydrogen (secondary N) is 1. The number of nitrogens with zero attached hydrogens (tertiary/aromatic N) is 4. The first-order chi connectivity index (χ1) is 20.4. The van der Waals surface area contributed by atoms with E-state index in [1.54, 1.807) is 15.6 Å². The van der Waals surface area contributed by atoms with Crippen LogP contribution in [0.2, 0.25) is 5.02 Å². The molecule has 3 atom stereocenters. The van der Waals surface area contributed by atoms with Gasteiger partial charge in [-0.1, -0.05) is 66.2 Å². The highest BCUT2D eigenvalue weighted by atomic mass is 35.5. The minimum absolute atomic E-state index is 0.0487. The van der Waals surface area contributed by atoms with E-state index in [0.29, 0.717) is 36.9 Å². The number of carbonyl (C=O) groups is 2. The van der Waals surface area contributed by atoms with Crippen molar-refractivity contribution in [2.45, 2.75) is 12.5 Å². The molecule has 2 saturated heterocycles. The van der Waals surface area contributed by atoms with E-state index in [-0.39, 0.29) is 34.3 Å². The lowest BCUT2D eigenvalue weighted by molar-refractivity contribution is 0.0769. The van der Waals surface area contributed by atoms with Crippen LogP contribution in [-0.4, -0.2) is 64.1 Å². The third-order valence-electron chi connectivity index (χ3n) is 8.32. The number of carbonyl (C=O) groups excluding carboxylic acids is 2. The first-order valence-corrected chi connectivity index (χ1v) is 14.5. The summed E-state index contributed by atoms with van der Waals surface area (Å²) in [6.45, 7) is 3.61. The summed E-state index contributed by atoms with van der Waals surface area (Å²) in [7, 11) is 0. The van der Waals surface area contributed by atoms with E-state index in [9.17, 15) is 14.0 Å². The molecule has 0 radical (unpaired) electrons. The van der Waals surface area contributed by atoms with Crippen molar-refractivity contribution in [3.63, 3.8) is 0 Å². The molecular formula is C32H32ClFN6O2. The fourth-order valence-electron chi connectivity index (χ4n) is 6.16. The molecule has 10 heteroatoms. The third-order valence-corrected chi connectivity index (χ3v) is 8.63. The van der Waals surface area contributed by atoms with E-state index in [4.69, 9.17) is 17.3 Å². The van der Waals surface area contributed by atoms with Crippen molar-refractivity contribution < 1.29 is 14.0 Å².